The Labute approximate surface area is 180 Å². The molecular formula is C19H18F4N2O4S2. The summed E-state index contributed by atoms with van der Waals surface area (Å²) >= 11 is 1.38. The van der Waals surface area contributed by atoms with E-state index in [9.17, 15) is 30.8 Å². The first kappa shape index (κ1) is 23.4. The molecule has 0 fully saturated rings. The molecule has 1 amide bonds. The summed E-state index contributed by atoms with van der Waals surface area (Å²) in [5.74, 6) is -0.669. The molecule has 2 aromatic rings. The van der Waals surface area contributed by atoms with Gasteiger partial charge in [-0.2, -0.15) is 0 Å². The fourth-order valence-electron chi connectivity index (χ4n) is 3.01. The fraction of sp³-hybridized carbons (Fsp3) is 0.316. The molecule has 1 atom stereocenters. The van der Waals surface area contributed by atoms with E-state index >= 15 is 0 Å². The van der Waals surface area contributed by atoms with Crippen molar-refractivity contribution < 1.29 is 35.5 Å². The molecule has 1 aliphatic rings. The monoisotopic (exact) mass is 478 g/mol. The van der Waals surface area contributed by atoms with E-state index in [0.29, 0.717) is 22.6 Å². The largest absolute Gasteiger partial charge is 0.573 e. The number of carbonyl (C=O) groups excluding carboxylic acids is 1. The summed E-state index contributed by atoms with van der Waals surface area (Å²) in [5.41, 5.74) is 0.686. The Morgan fingerprint density at radius 3 is 2.55 bits per heavy atom. The average molecular weight is 478 g/mol. The molecule has 0 aliphatic carbocycles. The third-order valence-electron chi connectivity index (χ3n) is 4.37. The first-order valence-electron chi connectivity index (χ1n) is 9.11. The first-order valence-corrected chi connectivity index (χ1v) is 11.6. The lowest BCUT2D eigenvalue weighted by atomic mass is 10.0. The zero-order valence-electron chi connectivity index (χ0n) is 15.9. The van der Waals surface area contributed by atoms with Gasteiger partial charge in [-0.15, -0.1) is 24.9 Å². The van der Waals surface area contributed by atoms with E-state index in [1.54, 1.807) is 12.1 Å². The van der Waals surface area contributed by atoms with Gasteiger partial charge in [0.2, 0.25) is 15.9 Å². The quantitative estimate of drug-likeness (QED) is 0.593. The number of fused-ring (bicyclic) bond motifs is 1. The summed E-state index contributed by atoms with van der Waals surface area (Å²) in [4.78, 5) is 12.5. The molecule has 12 heteroatoms. The van der Waals surface area contributed by atoms with Crippen molar-refractivity contribution in [2.45, 2.75) is 35.0 Å². The second kappa shape index (κ2) is 9.45. The molecule has 6 nitrogen and oxygen atoms in total. The van der Waals surface area contributed by atoms with Crippen molar-refractivity contribution in [3.8, 4) is 5.75 Å². The second-order valence-electron chi connectivity index (χ2n) is 6.58. The van der Waals surface area contributed by atoms with Crippen LogP contribution in [0.4, 0.5) is 17.6 Å². The Morgan fingerprint density at radius 1 is 1.16 bits per heavy atom. The maximum atomic E-state index is 13.9. The summed E-state index contributed by atoms with van der Waals surface area (Å²) < 4.78 is 80.9. The normalized spacial score (nSPS) is 16.5. The van der Waals surface area contributed by atoms with Crippen LogP contribution in [0.3, 0.4) is 0 Å². The number of alkyl halides is 3. The van der Waals surface area contributed by atoms with Gasteiger partial charge in [-0.1, -0.05) is 12.1 Å². The van der Waals surface area contributed by atoms with E-state index < -0.39 is 28.0 Å². The lowest BCUT2D eigenvalue weighted by Crippen LogP contribution is -2.34. The van der Waals surface area contributed by atoms with Crippen molar-refractivity contribution >= 4 is 27.7 Å². The highest BCUT2D eigenvalue weighted by Gasteiger charge is 2.31. The number of nitrogens with one attached hydrogen (secondary N) is 2. The number of hydrogen-bond donors (Lipinski definition) is 2. The van der Waals surface area contributed by atoms with Gasteiger partial charge in [0.05, 0.1) is 10.9 Å². The van der Waals surface area contributed by atoms with Crippen molar-refractivity contribution in [1.82, 2.24) is 10.0 Å². The molecule has 1 aliphatic heterocycles. The molecule has 0 radical (unpaired) electrons. The molecule has 0 saturated carbocycles. The van der Waals surface area contributed by atoms with Crippen LogP contribution in [0.25, 0.3) is 0 Å². The van der Waals surface area contributed by atoms with Gasteiger partial charge >= 0.3 is 6.36 Å². The highest BCUT2D eigenvalue weighted by molar-refractivity contribution is 7.99. The Hall–Kier alpha value is -2.31. The number of ether oxygens (including phenoxy) is 1. The van der Waals surface area contributed by atoms with Crippen LogP contribution >= 0.6 is 11.8 Å². The topological polar surface area (TPSA) is 84.5 Å². The number of benzene rings is 2. The van der Waals surface area contributed by atoms with Gasteiger partial charge in [-0.3, -0.25) is 4.79 Å². The van der Waals surface area contributed by atoms with Crippen molar-refractivity contribution in [3.63, 3.8) is 0 Å². The SMILES string of the molecule is O=C(CCNS(=O)(=O)c1ccc(OC(F)(F)F)cc1)N[C@H]1CCSc2c(F)cccc21. The minimum Gasteiger partial charge on any atom is -0.406 e. The Bertz CT molecular complexity index is 1040. The van der Waals surface area contributed by atoms with E-state index in [-0.39, 0.29) is 29.7 Å². The molecule has 2 aromatic carbocycles. The zero-order chi connectivity index (χ0) is 22.6. The molecule has 0 spiro atoms. The van der Waals surface area contributed by atoms with Crippen molar-refractivity contribution in [3.05, 3.63) is 53.8 Å². The molecule has 3 rings (SSSR count). The van der Waals surface area contributed by atoms with Crippen LogP contribution in [0.15, 0.2) is 52.3 Å². The van der Waals surface area contributed by atoms with E-state index in [1.165, 1.54) is 17.8 Å². The van der Waals surface area contributed by atoms with Crippen LogP contribution in [-0.4, -0.2) is 33.0 Å². The molecule has 0 bridgehead atoms. The predicted octanol–water partition coefficient (Wildman–Crippen LogP) is 3.75. The lowest BCUT2D eigenvalue weighted by Gasteiger charge is -2.26. The van der Waals surface area contributed by atoms with Crippen molar-refractivity contribution in [2.75, 3.05) is 12.3 Å². The van der Waals surface area contributed by atoms with Crippen LogP contribution in [0.5, 0.6) is 5.75 Å². The van der Waals surface area contributed by atoms with Crippen LogP contribution in [0, 0.1) is 5.82 Å². The standard InChI is InChI=1S/C19H18F4N2O4S2/c20-15-3-1-2-14-16(9-11-30-18(14)15)25-17(26)8-10-24-31(27,28)13-6-4-12(5-7-13)29-19(21,22)23/h1-7,16,24H,8-11H2,(H,25,26)/t16-/m0/s1. The van der Waals surface area contributed by atoms with Gasteiger partial charge in [0.1, 0.15) is 11.6 Å². The number of halogens is 4. The van der Waals surface area contributed by atoms with E-state index in [1.807, 2.05) is 0 Å². The van der Waals surface area contributed by atoms with E-state index in [2.05, 4.69) is 14.8 Å². The average Bonchev–Trinajstić information content (AvgIpc) is 2.68. The van der Waals surface area contributed by atoms with Crippen molar-refractivity contribution in [1.29, 1.82) is 0 Å². The summed E-state index contributed by atoms with van der Waals surface area (Å²) in [7, 11) is -4.02. The van der Waals surface area contributed by atoms with Gasteiger partial charge in [0.25, 0.3) is 0 Å². The summed E-state index contributed by atoms with van der Waals surface area (Å²) in [6.45, 7) is -0.216. The molecule has 1 heterocycles. The fourth-order valence-corrected chi connectivity index (χ4v) is 5.18. The highest BCUT2D eigenvalue weighted by Crippen LogP contribution is 2.37. The maximum absolute atomic E-state index is 13.9. The third-order valence-corrected chi connectivity index (χ3v) is 7.01. The number of sulfonamides is 1. The Balaban J connectivity index is 1.53. The van der Waals surface area contributed by atoms with Gasteiger partial charge < -0.3 is 10.1 Å². The van der Waals surface area contributed by atoms with Gasteiger partial charge in [-0.25, -0.2) is 17.5 Å². The smallest absolute Gasteiger partial charge is 0.406 e. The molecule has 2 N–H and O–H groups in total. The number of amides is 1. The third kappa shape index (κ3) is 6.34. The number of thioether (sulfide) groups is 1. The lowest BCUT2D eigenvalue weighted by molar-refractivity contribution is -0.274. The predicted molar refractivity (Wildman–Crippen MR) is 106 cm³/mol. The van der Waals surface area contributed by atoms with Crippen LogP contribution < -0.4 is 14.8 Å². The summed E-state index contributed by atoms with van der Waals surface area (Å²) in [5, 5.41) is 2.78. The number of hydrogen-bond acceptors (Lipinski definition) is 5. The number of rotatable bonds is 7. The highest BCUT2D eigenvalue weighted by atomic mass is 32.2. The minimum atomic E-state index is -4.88. The molecule has 0 unspecified atom stereocenters. The molecule has 31 heavy (non-hydrogen) atoms. The van der Waals surface area contributed by atoms with Crippen molar-refractivity contribution in [2.24, 2.45) is 0 Å². The Morgan fingerprint density at radius 2 is 1.87 bits per heavy atom. The molecule has 0 saturated heterocycles. The van der Waals surface area contributed by atoms with Gasteiger partial charge in [0, 0.05) is 23.6 Å². The second-order valence-corrected chi connectivity index (χ2v) is 9.45. The van der Waals surface area contributed by atoms with Crippen LogP contribution in [0.1, 0.15) is 24.4 Å². The summed E-state index contributed by atoms with van der Waals surface area (Å²) in [6.07, 6.45) is -4.43. The first-order chi connectivity index (χ1) is 14.5. The molecule has 0 aromatic heterocycles. The van der Waals surface area contributed by atoms with Crippen LogP contribution in [0.2, 0.25) is 0 Å². The maximum Gasteiger partial charge on any atom is 0.573 e. The minimum absolute atomic E-state index is 0.164. The molecule has 168 valence electrons. The van der Waals surface area contributed by atoms with Gasteiger partial charge in [0.15, 0.2) is 0 Å². The molecular weight excluding hydrogens is 460 g/mol. The van der Waals surface area contributed by atoms with E-state index in [0.717, 1.165) is 24.3 Å². The van der Waals surface area contributed by atoms with Crippen LogP contribution in [-0.2, 0) is 14.8 Å². The zero-order valence-corrected chi connectivity index (χ0v) is 17.5. The number of carbonyl (C=O) groups is 1. The van der Waals surface area contributed by atoms with E-state index in [4.69, 9.17) is 0 Å². The van der Waals surface area contributed by atoms with Gasteiger partial charge in [-0.05, 0) is 42.3 Å². The summed E-state index contributed by atoms with van der Waals surface area (Å²) in [6, 6.07) is 7.99. The Kier molecular flexibility index (Phi) is 7.12.